The van der Waals surface area contributed by atoms with Gasteiger partial charge in [0, 0.05) is 19.2 Å². The molecule has 1 heterocycles. The van der Waals surface area contributed by atoms with Gasteiger partial charge in [-0.2, -0.15) is 0 Å². The largest absolute Gasteiger partial charge is 0.480 e. The monoisotopic (exact) mass is 283 g/mol. The molecule has 0 radical (unpaired) electrons. The first kappa shape index (κ1) is 16.2. The normalized spacial score (nSPS) is 13.0. The minimum absolute atomic E-state index is 0.0321. The lowest BCUT2D eigenvalue weighted by atomic mass is 10.1. The second-order valence-corrected chi connectivity index (χ2v) is 5.50. The van der Waals surface area contributed by atoms with Gasteiger partial charge in [0.25, 0.3) is 0 Å². The van der Waals surface area contributed by atoms with Crippen molar-refractivity contribution in [1.29, 1.82) is 0 Å². The van der Waals surface area contributed by atoms with Crippen molar-refractivity contribution >= 4 is 11.9 Å². The highest BCUT2D eigenvalue weighted by atomic mass is 16.6. The number of nitrogens with zero attached hydrogens (tertiary/aromatic N) is 2. The first-order valence-electron chi connectivity index (χ1n) is 6.40. The lowest BCUT2D eigenvalue weighted by Gasteiger charge is -2.20. The van der Waals surface area contributed by atoms with Crippen LogP contribution in [0, 0.1) is 0 Å². The molecule has 3 N–H and O–H groups in total. The maximum Gasteiger partial charge on any atom is 0.326 e. The van der Waals surface area contributed by atoms with Crippen molar-refractivity contribution < 1.29 is 19.4 Å². The van der Waals surface area contributed by atoms with Crippen LogP contribution in [-0.4, -0.2) is 32.2 Å². The summed E-state index contributed by atoms with van der Waals surface area (Å²) in [6.45, 7) is 5.54. The van der Waals surface area contributed by atoms with Crippen LogP contribution in [0.25, 0.3) is 0 Å². The second-order valence-electron chi connectivity index (χ2n) is 5.50. The summed E-state index contributed by atoms with van der Waals surface area (Å²) in [6, 6.07) is -0.852. The van der Waals surface area contributed by atoms with E-state index in [1.165, 1.54) is 10.9 Å². The Bertz CT molecular complexity index is 476. The average Bonchev–Trinajstić information content (AvgIpc) is 2.75. The van der Waals surface area contributed by atoms with Gasteiger partial charge in [-0.3, -0.25) is 4.79 Å². The minimum Gasteiger partial charge on any atom is -0.480 e. The number of hydrogen-bond donors (Lipinski definition) is 2. The quantitative estimate of drug-likeness (QED) is 0.757. The third-order valence-corrected chi connectivity index (χ3v) is 2.55. The smallest absolute Gasteiger partial charge is 0.326 e. The van der Waals surface area contributed by atoms with Crippen molar-refractivity contribution in [2.75, 3.05) is 0 Å². The summed E-state index contributed by atoms with van der Waals surface area (Å²) in [5, 5.41) is 9.22. The van der Waals surface area contributed by atoms with Crippen molar-refractivity contribution in [3.05, 3.63) is 18.2 Å². The van der Waals surface area contributed by atoms with Gasteiger partial charge in [0.2, 0.25) is 0 Å². The van der Waals surface area contributed by atoms with Crippen LogP contribution < -0.4 is 5.73 Å². The molecule has 0 aliphatic rings. The Kier molecular flexibility index (Phi) is 5.26. The number of nitrogens with two attached hydrogens (primary N) is 1. The van der Waals surface area contributed by atoms with E-state index in [-0.39, 0.29) is 19.4 Å². The highest BCUT2D eigenvalue weighted by Crippen LogP contribution is 2.17. The number of carbonyl (C=O) groups is 2. The molecule has 0 bridgehead atoms. The highest BCUT2D eigenvalue weighted by molar-refractivity contribution is 5.74. The number of carboxylic acid groups (broad SMARTS) is 1. The number of aliphatic carboxylic acids is 1. The zero-order valence-electron chi connectivity index (χ0n) is 12.0. The van der Waals surface area contributed by atoms with E-state index < -0.39 is 23.6 Å². The molecule has 1 unspecified atom stereocenters. The van der Waals surface area contributed by atoms with Crippen molar-refractivity contribution in [3.63, 3.8) is 0 Å². The Morgan fingerprint density at radius 3 is 2.60 bits per heavy atom. The van der Waals surface area contributed by atoms with E-state index in [1.54, 1.807) is 27.0 Å². The van der Waals surface area contributed by atoms with Gasteiger partial charge in [0.05, 0.1) is 12.0 Å². The molecule has 0 fully saturated rings. The molecule has 20 heavy (non-hydrogen) atoms. The molecular weight excluding hydrogens is 262 g/mol. The van der Waals surface area contributed by atoms with E-state index in [4.69, 9.17) is 10.5 Å². The summed E-state index contributed by atoms with van der Waals surface area (Å²) < 4.78 is 6.61. The van der Waals surface area contributed by atoms with Gasteiger partial charge in [-0.25, -0.2) is 9.78 Å². The van der Waals surface area contributed by atoms with Crippen LogP contribution in [0.4, 0.5) is 0 Å². The van der Waals surface area contributed by atoms with E-state index in [0.29, 0.717) is 5.69 Å². The van der Waals surface area contributed by atoms with Crippen molar-refractivity contribution in [2.45, 2.75) is 51.8 Å². The molecule has 0 spiro atoms. The minimum atomic E-state index is -1.02. The van der Waals surface area contributed by atoms with Crippen LogP contribution in [-0.2, 0) is 20.9 Å². The first-order valence-corrected chi connectivity index (χ1v) is 6.40. The second kappa shape index (κ2) is 6.51. The molecule has 0 amide bonds. The predicted molar refractivity (Wildman–Crippen MR) is 71.9 cm³/mol. The van der Waals surface area contributed by atoms with Crippen molar-refractivity contribution in [3.8, 4) is 0 Å². The number of carboxylic acids is 1. The maximum absolute atomic E-state index is 11.6. The molecule has 7 heteroatoms. The van der Waals surface area contributed by atoms with Gasteiger partial charge >= 0.3 is 11.9 Å². The lowest BCUT2D eigenvalue weighted by molar-refractivity contribution is -0.155. The molecule has 0 saturated carbocycles. The molecular formula is C13H21N3O4. The predicted octanol–water partition coefficient (Wildman–Crippen LogP) is 1.09. The zero-order chi connectivity index (χ0) is 15.3. The third-order valence-electron chi connectivity index (χ3n) is 2.55. The molecule has 112 valence electrons. The summed E-state index contributed by atoms with van der Waals surface area (Å²) in [5.41, 5.74) is 5.47. The van der Waals surface area contributed by atoms with Gasteiger partial charge in [0.1, 0.15) is 11.6 Å². The van der Waals surface area contributed by atoms with Gasteiger partial charge in [-0.05, 0) is 27.2 Å². The van der Waals surface area contributed by atoms with Crippen LogP contribution in [0.2, 0.25) is 0 Å². The molecule has 0 aliphatic heterocycles. The summed E-state index contributed by atoms with van der Waals surface area (Å²) in [5.74, 6) is -1.43. The number of hydrogen-bond acceptors (Lipinski definition) is 5. The number of carbonyl (C=O) groups excluding carboxylic acids is 1. The molecule has 1 aromatic rings. The molecule has 1 rings (SSSR count). The van der Waals surface area contributed by atoms with Crippen LogP contribution >= 0.6 is 0 Å². The fraction of sp³-hybridized carbons (Fsp3) is 0.615. The van der Waals surface area contributed by atoms with Crippen molar-refractivity contribution in [1.82, 2.24) is 9.55 Å². The van der Waals surface area contributed by atoms with Crippen LogP contribution in [0.3, 0.4) is 0 Å². The number of esters is 1. The highest BCUT2D eigenvalue weighted by Gasteiger charge is 2.23. The fourth-order valence-electron chi connectivity index (χ4n) is 1.70. The third kappa shape index (κ3) is 5.00. The van der Waals surface area contributed by atoms with Gasteiger partial charge in [0.15, 0.2) is 0 Å². The lowest BCUT2D eigenvalue weighted by Crippen LogP contribution is -2.25. The molecule has 1 atom stereocenters. The Balaban J connectivity index is 2.65. The molecule has 0 aromatic carbocycles. The van der Waals surface area contributed by atoms with E-state index in [0.717, 1.165) is 0 Å². The van der Waals surface area contributed by atoms with Crippen LogP contribution in [0.15, 0.2) is 12.5 Å². The van der Waals surface area contributed by atoms with Crippen molar-refractivity contribution in [2.24, 2.45) is 5.73 Å². The Morgan fingerprint density at radius 2 is 2.15 bits per heavy atom. The fourth-order valence-corrected chi connectivity index (χ4v) is 1.70. The van der Waals surface area contributed by atoms with E-state index in [2.05, 4.69) is 4.98 Å². The van der Waals surface area contributed by atoms with Crippen LogP contribution in [0.1, 0.15) is 45.3 Å². The van der Waals surface area contributed by atoms with Crippen LogP contribution in [0.5, 0.6) is 0 Å². The SMILES string of the molecule is CC(C)(C)OC(=O)CCC(C(=O)O)n1cnc(CN)c1. The standard InChI is InChI=1S/C13H21N3O4/c1-13(2,3)20-11(17)5-4-10(12(18)19)16-7-9(6-14)15-8-16/h7-8,10H,4-6,14H2,1-3H3,(H,18,19). The Labute approximate surface area is 117 Å². The van der Waals surface area contributed by atoms with E-state index >= 15 is 0 Å². The summed E-state index contributed by atoms with van der Waals surface area (Å²) in [6.07, 6.45) is 3.17. The summed E-state index contributed by atoms with van der Waals surface area (Å²) in [7, 11) is 0. The molecule has 7 nitrogen and oxygen atoms in total. The number of aromatic nitrogens is 2. The number of rotatable bonds is 6. The van der Waals surface area contributed by atoms with Gasteiger partial charge < -0.3 is 20.1 Å². The average molecular weight is 283 g/mol. The summed E-state index contributed by atoms with van der Waals surface area (Å²) in [4.78, 5) is 26.9. The molecule has 0 saturated heterocycles. The van der Waals surface area contributed by atoms with Gasteiger partial charge in [-0.1, -0.05) is 0 Å². The molecule has 0 aliphatic carbocycles. The topological polar surface area (TPSA) is 107 Å². The number of imidazole rings is 1. The Hall–Kier alpha value is -1.89. The maximum atomic E-state index is 11.6. The zero-order valence-corrected chi connectivity index (χ0v) is 12.0. The first-order chi connectivity index (χ1) is 9.23. The molecule has 1 aromatic heterocycles. The Morgan fingerprint density at radius 1 is 1.50 bits per heavy atom. The van der Waals surface area contributed by atoms with E-state index in [9.17, 15) is 14.7 Å². The summed E-state index contributed by atoms with van der Waals surface area (Å²) >= 11 is 0. The van der Waals surface area contributed by atoms with E-state index in [1.807, 2.05) is 0 Å². The van der Waals surface area contributed by atoms with Gasteiger partial charge in [-0.15, -0.1) is 0 Å². The number of ether oxygens (including phenoxy) is 1.